The number of rotatable bonds is 4. The third-order valence-electron chi connectivity index (χ3n) is 14.2. The second-order valence-electron chi connectivity index (χ2n) is 18.1. The highest BCUT2D eigenvalue weighted by molar-refractivity contribution is 5.94. The van der Waals surface area contributed by atoms with Crippen LogP contribution in [0.4, 0.5) is 17.1 Å². The molecule has 1 atom stereocenters. The molecule has 0 saturated carbocycles. The molecular formula is C59H45NO. The highest BCUT2D eigenvalue weighted by Crippen LogP contribution is 2.63. The molecule has 292 valence electrons. The summed E-state index contributed by atoms with van der Waals surface area (Å²) in [5, 5.41) is 2.29. The lowest BCUT2D eigenvalue weighted by molar-refractivity contribution is 0.430. The fourth-order valence-corrected chi connectivity index (χ4v) is 11.2. The van der Waals surface area contributed by atoms with Gasteiger partial charge in [0.2, 0.25) is 0 Å². The second kappa shape index (κ2) is 12.9. The van der Waals surface area contributed by atoms with Gasteiger partial charge in [0, 0.05) is 44.4 Å². The van der Waals surface area contributed by atoms with Gasteiger partial charge in [-0.15, -0.1) is 0 Å². The summed E-state index contributed by atoms with van der Waals surface area (Å²) in [6, 6.07) is 74.2. The first-order chi connectivity index (χ1) is 29.8. The molecule has 2 heteroatoms. The van der Waals surface area contributed by atoms with Crippen LogP contribution in [0.25, 0.3) is 33.0 Å². The molecule has 0 saturated heterocycles. The molecule has 1 unspecified atom stereocenters. The van der Waals surface area contributed by atoms with Gasteiger partial charge >= 0.3 is 0 Å². The zero-order valence-corrected chi connectivity index (χ0v) is 34.9. The van der Waals surface area contributed by atoms with Crippen molar-refractivity contribution in [1.29, 1.82) is 0 Å². The Hall–Kier alpha value is -7.16. The van der Waals surface area contributed by atoms with Crippen LogP contribution in [-0.4, -0.2) is 0 Å². The third-order valence-corrected chi connectivity index (χ3v) is 14.2. The quantitative estimate of drug-likeness (QED) is 0.176. The van der Waals surface area contributed by atoms with Gasteiger partial charge in [0.25, 0.3) is 0 Å². The largest absolute Gasteiger partial charge is 0.456 e. The van der Waals surface area contributed by atoms with Crippen molar-refractivity contribution in [3.05, 3.63) is 245 Å². The Morgan fingerprint density at radius 3 is 1.70 bits per heavy atom. The van der Waals surface area contributed by atoms with Crippen LogP contribution in [0.15, 0.2) is 200 Å². The van der Waals surface area contributed by atoms with Gasteiger partial charge in [0.15, 0.2) is 0 Å². The van der Waals surface area contributed by atoms with E-state index >= 15 is 0 Å². The Bertz CT molecular complexity index is 3230. The molecule has 0 amide bonds. The summed E-state index contributed by atoms with van der Waals surface area (Å²) in [5.41, 5.74) is 17.6. The fraction of sp³-hybridized carbons (Fsp3) is 0.119. The molecule has 1 aliphatic heterocycles. The minimum atomic E-state index is -0.657. The van der Waals surface area contributed by atoms with Gasteiger partial charge in [-0.2, -0.15) is 0 Å². The summed E-state index contributed by atoms with van der Waals surface area (Å²) >= 11 is 0. The molecule has 2 aliphatic carbocycles. The average molecular weight is 784 g/mol. The molecule has 2 nitrogen and oxygen atoms in total. The molecule has 0 aromatic heterocycles. The molecule has 1 spiro atoms. The van der Waals surface area contributed by atoms with Crippen LogP contribution in [-0.2, 0) is 16.2 Å². The maximum atomic E-state index is 7.04. The van der Waals surface area contributed by atoms with Crippen LogP contribution in [0, 0.1) is 0 Å². The van der Waals surface area contributed by atoms with Crippen LogP contribution >= 0.6 is 0 Å². The first kappa shape index (κ1) is 35.8. The van der Waals surface area contributed by atoms with Gasteiger partial charge in [-0.3, -0.25) is 0 Å². The summed E-state index contributed by atoms with van der Waals surface area (Å²) in [4.78, 5) is 2.47. The lowest BCUT2D eigenvalue weighted by Gasteiger charge is -2.50. The first-order valence-corrected chi connectivity index (χ1v) is 21.5. The van der Waals surface area contributed by atoms with E-state index in [4.69, 9.17) is 4.74 Å². The maximum Gasteiger partial charge on any atom is 0.140 e. The molecule has 1 heterocycles. The van der Waals surface area contributed by atoms with E-state index in [9.17, 15) is 0 Å². The highest BCUT2D eigenvalue weighted by Gasteiger charge is 2.53. The van der Waals surface area contributed by atoms with Crippen LogP contribution in [0.3, 0.4) is 0 Å². The van der Waals surface area contributed by atoms with E-state index in [1.54, 1.807) is 0 Å². The molecule has 12 rings (SSSR count). The topological polar surface area (TPSA) is 12.5 Å². The van der Waals surface area contributed by atoms with E-state index in [-0.39, 0.29) is 10.8 Å². The van der Waals surface area contributed by atoms with E-state index in [0.29, 0.717) is 0 Å². The van der Waals surface area contributed by atoms with E-state index in [1.807, 2.05) is 0 Å². The third kappa shape index (κ3) is 4.97. The van der Waals surface area contributed by atoms with Crippen molar-refractivity contribution in [3.8, 4) is 33.8 Å². The molecule has 0 bridgehead atoms. The Labute approximate surface area is 358 Å². The number of fused-ring (bicyclic) bond motifs is 13. The molecular weight excluding hydrogens is 739 g/mol. The normalized spacial score (nSPS) is 17.0. The van der Waals surface area contributed by atoms with Crippen molar-refractivity contribution in [1.82, 2.24) is 0 Å². The van der Waals surface area contributed by atoms with Crippen molar-refractivity contribution in [2.24, 2.45) is 0 Å². The van der Waals surface area contributed by atoms with Crippen molar-refractivity contribution >= 4 is 27.8 Å². The summed E-state index contributed by atoms with van der Waals surface area (Å²) in [5.74, 6) is 1.82. The van der Waals surface area contributed by atoms with Gasteiger partial charge in [0.1, 0.15) is 11.5 Å². The van der Waals surface area contributed by atoms with E-state index < -0.39 is 5.41 Å². The van der Waals surface area contributed by atoms with Crippen LogP contribution in [0.1, 0.15) is 72.2 Å². The number of anilines is 3. The van der Waals surface area contributed by atoms with Crippen molar-refractivity contribution in [2.45, 2.75) is 43.9 Å². The highest BCUT2D eigenvalue weighted by atomic mass is 16.5. The lowest BCUT2D eigenvalue weighted by Crippen LogP contribution is -2.43. The second-order valence-corrected chi connectivity index (χ2v) is 18.1. The maximum absolute atomic E-state index is 7.04. The number of hydrogen-bond acceptors (Lipinski definition) is 2. The summed E-state index contributed by atoms with van der Waals surface area (Å²) in [6.45, 7) is 9.52. The Morgan fingerprint density at radius 1 is 0.361 bits per heavy atom. The van der Waals surface area contributed by atoms with Crippen LogP contribution < -0.4 is 9.64 Å². The van der Waals surface area contributed by atoms with Crippen LogP contribution in [0.5, 0.6) is 11.5 Å². The summed E-state index contributed by atoms with van der Waals surface area (Å²) < 4.78 is 7.04. The smallest absolute Gasteiger partial charge is 0.140 e. The molecule has 0 radical (unpaired) electrons. The van der Waals surface area contributed by atoms with Gasteiger partial charge in [0.05, 0.1) is 5.41 Å². The number of benzene rings is 9. The first-order valence-electron chi connectivity index (χ1n) is 21.5. The van der Waals surface area contributed by atoms with Gasteiger partial charge < -0.3 is 9.64 Å². The van der Waals surface area contributed by atoms with Crippen molar-refractivity contribution in [2.75, 3.05) is 4.90 Å². The number of nitrogens with zero attached hydrogens (tertiary/aromatic N) is 1. The summed E-state index contributed by atoms with van der Waals surface area (Å²) in [6.07, 6.45) is 0. The fourth-order valence-electron chi connectivity index (χ4n) is 11.2. The van der Waals surface area contributed by atoms with E-state index in [2.05, 4.69) is 233 Å². The molecule has 0 N–H and O–H groups in total. The monoisotopic (exact) mass is 783 g/mol. The Morgan fingerprint density at radius 2 is 0.902 bits per heavy atom. The Balaban J connectivity index is 1.15. The van der Waals surface area contributed by atoms with E-state index in [0.717, 1.165) is 39.5 Å². The zero-order valence-electron chi connectivity index (χ0n) is 34.9. The SMILES string of the molecule is CC1(C)c2ccccc2-c2ccc(N(c3ccc(-c4ccccc4)cc3)c3ccc4c(c3)C3(c5ccccc5Oc5c3ccc3ccccc53)c3ccccc3C4(C)C)cc21. The standard InChI is InChI=1S/C59H45NO/c1-57(2)47-21-11-10-20-45(47)46-33-31-42(36-53(46)57)60(41-29-26-39(27-30-41)38-16-6-5-7-17-38)43-32-35-49-54(37-43)59(50-23-13-12-22-48(50)58(49,3)4)51-24-14-15-25-55(51)61-56-44-19-9-8-18-40(44)28-34-52(56)59/h5-37H,1-4H3. The lowest BCUT2D eigenvalue weighted by atomic mass is 9.53. The van der Waals surface area contributed by atoms with Crippen LogP contribution in [0.2, 0.25) is 0 Å². The van der Waals surface area contributed by atoms with Crippen molar-refractivity contribution < 1.29 is 4.74 Å². The average Bonchev–Trinajstić information content (AvgIpc) is 3.53. The molecule has 3 aliphatic rings. The predicted octanol–water partition coefficient (Wildman–Crippen LogP) is 15.4. The molecule has 61 heavy (non-hydrogen) atoms. The minimum absolute atomic E-state index is 0.142. The summed E-state index contributed by atoms with van der Waals surface area (Å²) in [7, 11) is 0. The Kier molecular flexibility index (Phi) is 7.57. The van der Waals surface area contributed by atoms with Crippen molar-refractivity contribution in [3.63, 3.8) is 0 Å². The number of ether oxygens (including phenoxy) is 1. The number of para-hydroxylation sites is 1. The number of hydrogen-bond donors (Lipinski definition) is 0. The predicted molar refractivity (Wildman–Crippen MR) is 252 cm³/mol. The molecule has 0 fully saturated rings. The van der Waals surface area contributed by atoms with Gasteiger partial charge in [-0.05, 0) is 103 Å². The minimum Gasteiger partial charge on any atom is -0.456 e. The zero-order chi connectivity index (χ0) is 41.1. The van der Waals surface area contributed by atoms with Gasteiger partial charge in [-0.1, -0.05) is 185 Å². The van der Waals surface area contributed by atoms with E-state index in [1.165, 1.54) is 66.6 Å². The van der Waals surface area contributed by atoms with Gasteiger partial charge in [-0.25, -0.2) is 0 Å². The molecule has 9 aromatic rings. The molecule has 9 aromatic carbocycles.